The Kier molecular flexibility index (Phi) is 3.13. The Morgan fingerprint density at radius 1 is 1.12 bits per heavy atom. The number of rotatable bonds is 3. The van der Waals surface area contributed by atoms with Crippen LogP contribution in [0, 0.1) is 6.92 Å². The van der Waals surface area contributed by atoms with Gasteiger partial charge in [-0.3, -0.25) is 0 Å². The van der Waals surface area contributed by atoms with Crippen LogP contribution in [-0.2, 0) is 0 Å². The fourth-order valence-corrected chi connectivity index (χ4v) is 1.57. The van der Waals surface area contributed by atoms with Gasteiger partial charge in [-0.05, 0) is 32.9 Å². The summed E-state index contributed by atoms with van der Waals surface area (Å²) in [6.45, 7) is 5.84. The van der Waals surface area contributed by atoms with E-state index in [1.54, 1.807) is 7.11 Å². The van der Waals surface area contributed by atoms with Crippen molar-refractivity contribution in [2.75, 3.05) is 7.11 Å². The van der Waals surface area contributed by atoms with Gasteiger partial charge in [0.2, 0.25) is 5.88 Å². The van der Waals surface area contributed by atoms with Gasteiger partial charge in [-0.15, -0.1) is 0 Å². The number of hydrogen-bond donors (Lipinski definition) is 0. The van der Waals surface area contributed by atoms with E-state index in [-0.39, 0.29) is 6.10 Å². The zero-order valence-electron chi connectivity index (χ0n) is 10.5. The van der Waals surface area contributed by atoms with E-state index in [2.05, 4.69) is 9.97 Å². The second-order valence-electron chi connectivity index (χ2n) is 4.14. The predicted molar refractivity (Wildman–Crippen MR) is 66.6 cm³/mol. The average molecular weight is 232 g/mol. The molecule has 2 rings (SSSR count). The molecule has 0 aliphatic rings. The number of nitrogens with zero attached hydrogens (tertiary/aromatic N) is 2. The summed E-state index contributed by atoms with van der Waals surface area (Å²) in [5.41, 5.74) is 2.42. The summed E-state index contributed by atoms with van der Waals surface area (Å²) < 4.78 is 10.8. The Balaban J connectivity index is 2.50. The standard InChI is InChI=1S/C13H16N2O2/c1-8(2)17-13-9(3)14-12-7-10(16-4)5-6-11(12)15-13/h5-8H,1-4H3. The van der Waals surface area contributed by atoms with Crippen LogP contribution in [0.5, 0.6) is 11.6 Å². The van der Waals surface area contributed by atoms with Gasteiger partial charge < -0.3 is 9.47 Å². The molecule has 0 radical (unpaired) electrons. The smallest absolute Gasteiger partial charge is 0.236 e. The highest BCUT2D eigenvalue weighted by Gasteiger charge is 2.08. The van der Waals surface area contributed by atoms with Crippen LogP contribution in [0.2, 0.25) is 0 Å². The van der Waals surface area contributed by atoms with Gasteiger partial charge in [0.15, 0.2) is 0 Å². The number of benzene rings is 1. The topological polar surface area (TPSA) is 44.2 Å². The molecule has 0 aliphatic carbocycles. The van der Waals surface area contributed by atoms with Gasteiger partial charge >= 0.3 is 0 Å². The van der Waals surface area contributed by atoms with Crippen LogP contribution in [0.15, 0.2) is 18.2 Å². The third-order valence-electron chi connectivity index (χ3n) is 2.35. The van der Waals surface area contributed by atoms with Crippen LogP contribution >= 0.6 is 0 Å². The predicted octanol–water partition coefficient (Wildman–Crippen LogP) is 2.73. The van der Waals surface area contributed by atoms with E-state index in [9.17, 15) is 0 Å². The first kappa shape index (κ1) is 11.6. The first-order valence-electron chi connectivity index (χ1n) is 5.59. The molecule has 0 unspecified atom stereocenters. The Hall–Kier alpha value is -1.84. The fourth-order valence-electron chi connectivity index (χ4n) is 1.57. The van der Waals surface area contributed by atoms with E-state index in [0.717, 1.165) is 22.5 Å². The molecule has 0 atom stereocenters. The average Bonchev–Trinajstić information content (AvgIpc) is 2.29. The Morgan fingerprint density at radius 2 is 1.88 bits per heavy atom. The summed E-state index contributed by atoms with van der Waals surface area (Å²) in [6.07, 6.45) is 0.0960. The minimum atomic E-state index is 0.0960. The lowest BCUT2D eigenvalue weighted by Gasteiger charge is -2.11. The number of aromatic nitrogens is 2. The van der Waals surface area contributed by atoms with E-state index in [4.69, 9.17) is 9.47 Å². The van der Waals surface area contributed by atoms with Crippen LogP contribution in [0.4, 0.5) is 0 Å². The van der Waals surface area contributed by atoms with Crippen molar-refractivity contribution >= 4 is 11.0 Å². The molecule has 2 aromatic rings. The highest BCUT2D eigenvalue weighted by molar-refractivity contribution is 5.76. The highest BCUT2D eigenvalue weighted by Crippen LogP contribution is 2.22. The molecule has 0 N–H and O–H groups in total. The lowest BCUT2D eigenvalue weighted by atomic mass is 10.2. The number of ether oxygens (including phenoxy) is 2. The second-order valence-corrected chi connectivity index (χ2v) is 4.14. The van der Waals surface area contributed by atoms with Crippen molar-refractivity contribution in [3.8, 4) is 11.6 Å². The van der Waals surface area contributed by atoms with Crippen molar-refractivity contribution in [2.45, 2.75) is 26.9 Å². The molecule has 0 fully saturated rings. The molecule has 1 aromatic carbocycles. The largest absolute Gasteiger partial charge is 0.497 e. The third kappa shape index (κ3) is 2.46. The Bertz CT molecular complexity index is 538. The summed E-state index contributed by atoms with van der Waals surface area (Å²) in [7, 11) is 1.64. The maximum Gasteiger partial charge on any atom is 0.236 e. The molecule has 4 nitrogen and oxygen atoms in total. The second kappa shape index (κ2) is 4.57. The molecule has 0 saturated heterocycles. The van der Waals surface area contributed by atoms with Crippen LogP contribution < -0.4 is 9.47 Å². The van der Waals surface area contributed by atoms with Gasteiger partial charge in [0, 0.05) is 6.07 Å². The summed E-state index contributed by atoms with van der Waals surface area (Å²) in [5, 5.41) is 0. The molecule has 4 heteroatoms. The monoisotopic (exact) mass is 232 g/mol. The highest BCUT2D eigenvalue weighted by atomic mass is 16.5. The quantitative estimate of drug-likeness (QED) is 0.816. The Morgan fingerprint density at radius 3 is 2.53 bits per heavy atom. The van der Waals surface area contributed by atoms with E-state index >= 15 is 0 Å². The number of hydrogen-bond acceptors (Lipinski definition) is 4. The van der Waals surface area contributed by atoms with Gasteiger partial charge in [-0.25, -0.2) is 9.97 Å². The maximum atomic E-state index is 5.60. The van der Waals surface area contributed by atoms with Crippen LogP contribution in [0.3, 0.4) is 0 Å². The molecule has 90 valence electrons. The van der Waals surface area contributed by atoms with Crippen LogP contribution in [0.25, 0.3) is 11.0 Å². The van der Waals surface area contributed by atoms with Crippen molar-refractivity contribution in [1.82, 2.24) is 9.97 Å². The normalized spacial score (nSPS) is 10.9. The van der Waals surface area contributed by atoms with Crippen LogP contribution in [0.1, 0.15) is 19.5 Å². The fraction of sp³-hybridized carbons (Fsp3) is 0.385. The van der Waals surface area contributed by atoms with E-state index in [0.29, 0.717) is 5.88 Å². The summed E-state index contributed by atoms with van der Waals surface area (Å²) >= 11 is 0. The van der Waals surface area contributed by atoms with Crippen molar-refractivity contribution in [2.24, 2.45) is 0 Å². The molecule has 0 aliphatic heterocycles. The van der Waals surface area contributed by atoms with E-state index < -0.39 is 0 Å². The first-order chi connectivity index (χ1) is 8.10. The lowest BCUT2D eigenvalue weighted by molar-refractivity contribution is 0.230. The van der Waals surface area contributed by atoms with Gasteiger partial charge in [-0.2, -0.15) is 0 Å². The molecule has 17 heavy (non-hydrogen) atoms. The molecule has 1 heterocycles. The SMILES string of the molecule is COc1ccc2nc(OC(C)C)c(C)nc2c1. The molecule has 0 saturated carbocycles. The number of methoxy groups -OCH3 is 1. The Labute approximate surface area is 101 Å². The van der Waals surface area contributed by atoms with Crippen molar-refractivity contribution in [1.29, 1.82) is 0 Å². The van der Waals surface area contributed by atoms with E-state index in [1.807, 2.05) is 39.0 Å². The van der Waals surface area contributed by atoms with Crippen LogP contribution in [-0.4, -0.2) is 23.2 Å². The van der Waals surface area contributed by atoms with Gasteiger partial charge in [0.1, 0.15) is 11.4 Å². The molecular formula is C13H16N2O2. The minimum Gasteiger partial charge on any atom is -0.497 e. The molecule has 0 bridgehead atoms. The molecular weight excluding hydrogens is 216 g/mol. The van der Waals surface area contributed by atoms with Gasteiger partial charge in [0.25, 0.3) is 0 Å². The summed E-state index contributed by atoms with van der Waals surface area (Å²) in [6, 6.07) is 5.62. The minimum absolute atomic E-state index is 0.0960. The van der Waals surface area contributed by atoms with E-state index in [1.165, 1.54) is 0 Å². The third-order valence-corrected chi connectivity index (χ3v) is 2.35. The first-order valence-corrected chi connectivity index (χ1v) is 5.59. The van der Waals surface area contributed by atoms with Crippen molar-refractivity contribution in [3.05, 3.63) is 23.9 Å². The zero-order chi connectivity index (χ0) is 12.4. The molecule has 0 spiro atoms. The lowest BCUT2D eigenvalue weighted by Crippen LogP contribution is -2.09. The summed E-state index contributed by atoms with van der Waals surface area (Å²) in [4.78, 5) is 8.92. The van der Waals surface area contributed by atoms with Crippen molar-refractivity contribution < 1.29 is 9.47 Å². The van der Waals surface area contributed by atoms with Gasteiger partial charge in [0.05, 0.1) is 24.2 Å². The summed E-state index contributed by atoms with van der Waals surface area (Å²) in [5.74, 6) is 1.38. The van der Waals surface area contributed by atoms with Gasteiger partial charge in [-0.1, -0.05) is 0 Å². The number of fused-ring (bicyclic) bond motifs is 1. The molecule has 0 amide bonds. The number of aryl methyl sites for hydroxylation is 1. The van der Waals surface area contributed by atoms with Crippen molar-refractivity contribution in [3.63, 3.8) is 0 Å². The maximum absolute atomic E-state index is 5.60. The zero-order valence-corrected chi connectivity index (χ0v) is 10.5. The molecule has 1 aromatic heterocycles.